The van der Waals surface area contributed by atoms with Crippen LogP contribution in [0.1, 0.15) is 22.0 Å². The highest BCUT2D eigenvalue weighted by atomic mass is 19.1. The zero-order valence-electron chi connectivity index (χ0n) is 14.3. The summed E-state index contributed by atoms with van der Waals surface area (Å²) in [5.74, 6) is -0.346. The molecule has 0 spiro atoms. The average Bonchev–Trinajstić information content (AvgIpc) is 3.25. The molecule has 0 N–H and O–H groups in total. The molecule has 0 saturated carbocycles. The summed E-state index contributed by atoms with van der Waals surface area (Å²) in [6.07, 6.45) is 0.608. The van der Waals surface area contributed by atoms with Crippen LogP contribution in [0, 0.1) is 22.9 Å². The Labute approximate surface area is 153 Å². The molecule has 9 heteroatoms. The van der Waals surface area contributed by atoms with Crippen molar-refractivity contribution in [2.45, 2.75) is 13.3 Å². The maximum Gasteiger partial charge on any atom is 0.297 e. The van der Waals surface area contributed by atoms with Crippen LogP contribution in [0.5, 0.6) is 0 Å². The molecule has 27 heavy (non-hydrogen) atoms. The molecule has 1 aliphatic heterocycles. The van der Waals surface area contributed by atoms with Gasteiger partial charge in [-0.25, -0.2) is 14.1 Å². The third kappa shape index (κ3) is 2.92. The summed E-state index contributed by atoms with van der Waals surface area (Å²) in [7, 11) is 0. The summed E-state index contributed by atoms with van der Waals surface area (Å²) < 4.78 is 14.6. The molecule has 0 saturated heterocycles. The van der Waals surface area contributed by atoms with E-state index in [9.17, 15) is 19.3 Å². The van der Waals surface area contributed by atoms with Gasteiger partial charge in [-0.2, -0.15) is 0 Å². The quantitative estimate of drug-likeness (QED) is 0.524. The van der Waals surface area contributed by atoms with Crippen molar-refractivity contribution in [1.29, 1.82) is 0 Å². The third-order valence-corrected chi connectivity index (χ3v) is 4.45. The Morgan fingerprint density at radius 3 is 2.67 bits per heavy atom. The maximum absolute atomic E-state index is 13.1. The van der Waals surface area contributed by atoms with Gasteiger partial charge in [0.25, 0.3) is 11.6 Å². The van der Waals surface area contributed by atoms with Crippen LogP contribution in [0.3, 0.4) is 0 Å². The van der Waals surface area contributed by atoms with E-state index in [2.05, 4.69) is 10.1 Å². The summed E-state index contributed by atoms with van der Waals surface area (Å²) >= 11 is 0. The van der Waals surface area contributed by atoms with Crippen molar-refractivity contribution in [3.63, 3.8) is 0 Å². The number of halogens is 1. The standard InChI is InChI=1S/C18H14FN5O3/c1-11-20-17(21-23(11)14-6-3-13(19)4-7-14)18(25)22-9-8-12-2-5-15(24(26)27)10-16(12)22/h2-7,10H,8-9H2,1H3. The van der Waals surface area contributed by atoms with Crippen molar-refractivity contribution in [1.82, 2.24) is 14.8 Å². The summed E-state index contributed by atoms with van der Waals surface area (Å²) in [4.78, 5) is 29.1. The Kier molecular flexibility index (Phi) is 3.91. The number of anilines is 1. The van der Waals surface area contributed by atoms with E-state index in [0.29, 0.717) is 30.2 Å². The number of rotatable bonds is 3. The predicted molar refractivity (Wildman–Crippen MR) is 94.5 cm³/mol. The van der Waals surface area contributed by atoms with Crippen LogP contribution < -0.4 is 4.90 Å². The summed E-state index contributed by atoms with van der Waals surface area (Å²) in [6.45, 7) is 2.09. The topological polar surface area (TPSA) is 94.2 Å². The lowest BCUT2D eigenvalue weighted by molar-refractivity contribution is -0.384. The first-order chi connectivity index (χ1) is 12.9. The van der Waals surface area contributed by atoms with Gasteiger partial charge >= 0.3 is 0 Å². The van der Waals surface area contributed by atoms with Gasteiger partial charge in [0.15, 0.2) is 0 Å². The van der Waals surface area contributed by atoms with Crippen molar-refractivity contribution in [3.8, 4) is 5.69 Å². The Balaban J connectivity index is 1.67. The predicted octanol–water partition coefficient (Wildman–Crippen LogP) is 2.83. The molecule has 2 heterocycles. The number of nitro groups is 1. The van der Waals surface area contributed by atoms with E-state index in [1.54, 1.807) is 25.1 Å². The van der Waals surface area contributed by atoms with Crippen LogP contribution in [-0.2, 0) is 6.42 Å². The van der Waals surface area contributed by atoms with E-state index in [1.165, 1.54) is 33.8 Å². The number of non-ortho nitro benzene ring substituents is 1. The zero-order valence-corrected chi connectivity index (χ0v) is 14.3. The Bertz CT molecular complexity index is 1060. The molecule has 0 fully saturated rings. The minimum absolute atomic E-state index is 0.0174. The lowest BCUT2D eigenvalue weighted by Gasteiger charge is -2.14. The molecule has 0 atom stereocenters. The van der Waals surface area contributed by atoms with E-state index < -0.39 is 10.8 Å². The molecule has 0 bridgehead atoms. The number of fused-ring (bicyclic) bond motifs is 1. The molecule has 1 amide bonds. The fraction of sp³-hybridized carbons (Fsp3) is 0.167. The first-order valence-electron chi connectivity index (χ1n) is 8.23. The number of nitro benzene ring substituents is 1. The number of hydrogen-bond donors (Lipinski definition) is 0. The van der Waals surface area contributed by atoms with Gasteiger partial charge in [0.05, 0.1) is 16.3 Å². The Morgan fingerprint density at radius 2 is 1.96 bits per heavy atom. The zero-order chi connectivity index (χ0) is 19.1. The van der Waals surface area contributed by atoms with E-state index in [-0.39, 0.29) is 17.3 Å². The van der Waals surface area contributed by atoms with Crippen molar-refractivity contribution < 1.29 is 14.1 Å². The van der Waals surface area contributed by atoms with Gasteiger partial charge in [-0.1, -0.05) is 6.07 Å². The van der Waals surface area contributed by atoms with Crippen molar-refractivity contribution in [2.24, 2.45) is 0 Å². The summed E-state index contributed by atoms with van der Waals surface area (Å²) in [5.41, 5.74) is 1.88. The highest BCUT2D eigenvalue weighted by Gasteiger charge is 2.30. The average molecular weight is 367 g/mol. The largest absolute Gasteiger partial charge is 0.305 e. The normalized spacial score (nSPS) is 12.9. The summed E-state index contributed by atoms with van der Waals surface area (Å²) in [6, 6.07) is 10.2. The molecule has 1 aromatic heterocycles. The van der Waals surface area contributed by atoms with Gasteiger partial charge in [0.1, 0.15) is 11.6 Å². The molecular formula is C18H14FN5O3. The molecule has 4 rings (SSSR count). The van der Waals surface area contributed by atoms with Gasteiger partial charge in [-0.15, -0.1) is 5.10 Å². The van der Waals surface area contributed by atoms with Gasteiger partial charge < -0.3 is 4.90 Å². The number of amides is 1. The van der Waals surface area contributed by atoms with Crippen LogP contribution in [0.2, 0.25) is 0 Å². The lowest BCUT2D eigenvalue weighted by Crippen LogP contribution is -2.30. The van der Waals surface area contributed by atoms with E-state index >= 15 is 0 Å². The molecular weight excluding hydrogens is 353 g/mol. The van der Waals surface area contributed by atoms with E-state index in [0.717, 1.165) is 5.56 Å². The fourth-order valence-corrected chi connectivity index (χ4v) is 3.12. The number of carbonyl (C=O) groups excluding carboxylic acids is 1. The number of aryl methyl sites for hydroxylation is 1. The second kappa shape index (κ2) is 6.27. The highest BCUT2D eigenvalue weighted by molar-refractivity contribution is 6.05. The first kappa shape index (κ1) is 16.8. The van der Waals surface area contributed by atoms with Crippen LogP contribution in [0.25, 0.3) is 5.69 Å². The van der Waals surface area contributed by atoms with Crippen LogP contribution in [0.4, 0.5) is 15.8 Å². The van der Waals surface area contributed by atoms with Gasteiger partial charge in [0.2, 0.25) is 5.82 Å². The van der Waals surface area contributed by atoms with Crippen LogP contribution >= 0.6 is 0 Å². The maximum atomic E-state index is 13.1. The second-order valence-corrected chi connectivity index (χ2v) is 6.15. The number of carbonyl (C=O) groups is 1. The first-order valence-corrected chi connectivity index (χ1v) is 8.23. The molecule has 3 aromatic rings. The number of benzene rings is 2. The number of hydrogen-bond acceptors (Lipinski definition) is 5. The fourth-order valence-electron chi connectivity index (χ4n) is 3.12. The van der Waals surface area contributed by atoms with E-state index in [1.807, 2.05) is 0 Å². The van der Waals surface area contributed by atoms with Crippen LogP contribution in [0.15, 0.2) is 42.5 Å². The van der Waals surface area contributed by atoms with Crippen molar-refractivity contribution >= 4 is 17.3 Å². The smallest absolute Gasteiger partial charge is 0.297 e. The SMILES string of the molecule is Cc1nc(C(=O)N2CCc3ccc([N+](=O)[O-])cc32)nn1-c1ccc(F)cc1. The van der Waals surface area contributed by atoms with Gasteiger partial charge in [-0.05, 0) is 43.2 Å². The van der Waals surface area contributed by atoms with Crippen molar-refractivity contribution in [3.05, 3.63) is 75.6 Å². The van der Waals surface area contributed by atoms with E-state index in [4.69, 9.17) is 0 Å². The lowest BCUT2D eigenvalue weighted by atomic mass is 10.1. The molecule has 8 nitrogen and oxygen atoms in total. The Morgan fingerprint density at radius 1 is 1.22 bits per heavy atom. The Hall–Kier alpha value is -3.62. The molecule has 0 unspecified atom stereocenters. The molecule has 2 aromatic carbocycles. The van der Waals surface area contributed by atoms with Gasteiger partial charge in [-0.3, -0.25) is 14.9 Å². The molecule has 1 aliphatic rings. The monoisotopic (exact) mass is 367 g/mol. The van der Waals surface area contributed by atoms with Crippen molar-refractivity contribution in [2.75, 3.05) is 11.4 Å². The number of aromatic nitrogens is 3. The summed E-state index contributed by atoms with van der Waals surface area (Å²) in [5, 5.41) is 15.3. The minimum atomic E-state index is -0.493. The highest BCUT2D eigenvalue weighted by Crippen LogP contribution is 2.32. The second-order valence-electron chi connectivity index (χ2n) is 6.15. The number of nitrogens with zero attached hydrogens (tertiary/aromatic N) is 5. The molecule has 136 valence electrons. The molecule has 0 radical (unpaired) electrons. The van der Waals surface area contributed by atoms with Gasteiger partial charge in [0, 0.05) is 18.7 Å². The third-order valence-electron chi connectivity index (χ3n) is 4.45. The molecule has 0 aliphatic carbocycles. The van der Waals surface area contributed by atoms with Crippen LogP contribution in [-0.4, -0.2) is 32.1 Å². The minimum Gasteiger partial charge on any atom is -0.305 e.